The molecule has 0 atom stereocenters. The van der Waals surface area contributed by atoms with Gasteiger partial charge in [0.25, 0.3) is 0 Å². The number of hydrogen-bond donors (Lipinski definition) is 1. The second-order valence-corrected chi connectivity index (χ2v) is 1.17. The van der Waals surface area contributed by atoms with Crippen LogP contribution in [-0.4, -0.2) is 5.75 Å². The van der Waals surface area contributed by atoms with Crippen LogP contribution in [0.4, 0.5) is 0 Å². The van der Waals surface area contributed by atoms with E-state index in [-0.39, 0.29) is 27.7 Å². The molecule has 0 aromatic heterocycles. The number of thiol groups is 1. The van der Waals surface area contributed by atoms with E-state index in [4.69, 9.17) is 0 Å². The molecule has 0 aliphatic rings. The van der Waals surface area contributed by atoms with Gasteiger partial charge in [0.05, 0.1) is 0 Å². The summed E-state index contributed by atoms with van der Waals surface area (Å²) in [6.45, 7) is 2.10. The van der Waals surface area contributed by atoms with Crippen LogP contribution < -0.4 is 0 Å². The van der Waals surface area contributed by atoms with E-state index in [9.17, 15) is 0 Å². The zero-order valence-corrected chi connectivity index (χ0v) is 9.96. The molecule has 0 saturated carbocycles. The van der Waals surface area contributed by atoms with Crippen molar-refractivity contribution < 1.29 is 27.7 Å². The van der Waals surface area contributed by atoms with Crippen molar-refractivity contribution in [3.05, 3.63) is 0 Å². The molecule has 0 nitrogen and oxygen atoms in total. The van der Waals surface area contributed by atoms with Crippen molar-refractivity contribution in [2.45, 2.75) is 13.3 Å². The summed E-state index contributed by atoms with van der Waals surface area (Å²) < 4.78 is 0. The van der Waals surface area contributed by atoms with Crippen molar-refractivity contribution in [1.29, 1.82) is 0 Å². The van der Waals surface area contributed by atoms with Crippen molar-refractivity contribution in [2.24, 2.45) is 0 Å². The van der Waals surface area contributed by atoms with Crippen LogP contribution in [0.1, 0.15) is 13.3 Å². The molecular formula is C3H8HgS+2. The molecule has 26 valence electrons. The molecule has 5 heavy (non-hydrogen) atoms. The van der Waals surface area contributed by atoms with Crippen molar-refractivity contribution in [1.82, 2.24) is 0 Å². The molecule has 0 aliphatic carbocycles. The van der Waals surface area contributed by atoms with E-state index in [2.05, 4.69) is 19.6 Å². The monoisotopic (exact) mass is 278 g/mol. The Hall–Kier alpha value is 1.29. The largest absolute Gasteiger partial charge is 2.00 e. The second-order valence-electron chi connectivity index (χ2n) is 0.724. The summed E-state index contributed by atoms with van der Waals surface area (Å²) in [5, 5.41) is 0. The third-order valence-corrected chi connectivity index (χ3v) is 0.671. The van der Waals surface area contributed by atoms with Crippen molar-refractivity contribution >= 4 is 12.6 Å². The summed E-state index contributed by atoms with van der Waals surface area (Å²) in [7, 11) is 0. The zero-order chi connectivity index (χ0) is 3.41. The molecule has 2 heteroatoms. The third kappa shape index (κ3) is 10.9. The van der Waals surface area contributed by atoms with Crippen LogP contribution in [0.5, 0.6) is 0 Å². The molecule has 0 fully saturated rings. The Labute approximate surface area is 59.3 Å². The predicted molar refractivity (Wildman–Crippen MR) is 24.1 cm³/mol. The van der Waals surface area contributed by atoms with Crippen LogP contribution in [0.3, 0.4) is 0 Å². The average Bonchev–Trinajstić information content (AvgIpc) is 1.37. The summed E-state index contributed by atoms with van der Waals surface area (Å²) >= 11 is 3.92. The smallest absolute Gasteiger partial charge is 0.179 e. The maximum atomic E-state index is 3.92. The first kappa shape index (κ1) is 9.56. The van der Waals surface area contributed by atoms with E-state index in [1.807, 2.05) is 0 Å². The van der Waals surface area contributed by atoms with Gasteiger partial charge in [0.2, 0.25) is 0 Å². The number of rotatable bonds is 1. The molecule has 0 spiro atoms. The Morgan fingerprint density at radius 3 is 1.80 bits per heavy atom. The van der Waals surface area contributed by atoms with Gasteiger partial charge < -0.3 is 0 Å². The van der Waals surface area contributed by atoms with Gasteiger partial charge in [-0.15, -0.1) is 0 Å². The molecular weight excluding hydrogens is 269 g/mol. The summed E-state index contributed by atoms with van der Waals surface area (Å²) in [4.78, 5) is 0. The SMILES string of the molecule is CCCS.[Hg+2]. The van der Waals surface area contributed by atoms with Gasteiger partial charge in [-0.25, -0.2) is 0 Å². The molecule has 0 radical (unpaired) electrons. The van der Waals surface area contributed by atoms with E-state index < -0.39 is 0 Å². The molecule has 0 amide bonds. The summed E-state index contributed by atoms with van der Waals surface area (Å²) in [5.41, 5.74) is 0. The first-order valence-electron chi connectivity index (χ1n) is 1.52. The molecule has 0 unspecified atom stereocenters. The van der Waals surface area contributed by atoms with E-state index in [0.29, 0.717) is 0 Å². The van der Waals surface area contributed by atoms with Gasteiger partial charge in [-0.05, 0) is 12.2 Å². The fourth-order valence-electron chi connectivity index (χ4n) is 0. The molecule has 0 N–H and O–H groups in total. The minimum Gasteiger partial charge on any atom is -0.179 e. The second kappa shape index (κ2) is 8.99. The zero-order valence-electron chi connectivity index (χ0n) is 3.57. The van der Waals surface area contributed by atoms with Crippen molar-refractivity contribution in [2.75, 3.05) is 5.75 Å². The van der Waals surface area contributed by atoms with Gasteiger partial charge in [-0.2, -0.15) is 12.6 Å². The maximum absolute atomic E-state index is 3.92. The Bertz CT molecular complexity index is 8.85. The molecule has 0 aromatic rings. The topological polar surface area (TPSA) is 0 Å². The first-order chi connectivity index (χ1) is 1.91. The van der Waals surface area contributed by atoms with E-state index >= 15 is 0 Å². The fourth-order valence-corrected chi connectivity index (χ4v) is 0. The third-order valence-electron chi connectivity index (χ3n) is 0.224. The van der Waals surface area contributed by atoms with E-state index in [1.165, 1.54) is 6.42 Å². The van der Waals surface area contributed by atoms with Crippen LogP contribution in [0.2, 0.25) is 0 Å². The van der Waals surface area contributed by atoms with Gasteiger partial charge >= 0.3 is 27.7 Å². The Kier molecular flexibility index (Phi) is 17.2. The quantitative estimate of drug-likeness (QED) is 0.542. The summed E-state index contributed by atoms with van der Waals surface area (Å²) in [6, 6.07) is 0. The van der Waals surface area contributed by atoms with Gasteiger partial charge in [-0.3, -0.25) is 0 Å². The summed E-state index contributed by atoms with van der Waals surface area (Å²) in [6.07, 6.45) is 1.18. The van der Waals surface area contributed by atoms with Crippen LogP contribution in [0.25, 0.3) is 0 Å². The van der Waals surface area contributed by atoms with Gasteiger partial charge in [0.1, 0.15) is 0 Å². The molecule has 0 rings (SSSR count). The van der Waals surface area contributed by atoms with Crippen molar-refractivity contribution in [3.63, 3.8) is 0 Å². The van der Waals surface area contributed by atoms with Gasteiger partial charge in [0.15, 0.2) is 0 Å². The summed E-state index contributed by atoms with van der Waals surface area (Å²) in [5.74, 6) is 1.01. The molecule has 0 aliphatic heterocycles. The predicted octanol–water partition coefficient (Wildman–Crippen LogP) is 1.32. The Morgan fingerprint density at radius 2 is 1.80 bits per heavy atom. The van der Waals surface area contributed by atoms with Gasteiger partial charge in [0, 0.05) is 0 Å². The maximum Gasteiger partial charge on any atom is 2.00 e. The van der Waals surface area contributed by atoms with E-state index in [1.54, 1.807) is 0 Å². The molecule has 0 aromatic carbocycles. The number of hydrogen-bond acceptors (Lipinski definition) is 1. The molecule has 0 bridgehead atoms. The van der Waals surface area contributed by atoms with Gasteiger partial charge in [-0.1, -0.05) is 6.92 Å². The molecule has 0 saturated heterocycles. The standard InChI is InChI=1S/C3H8S.Hg/c1-2-3-4;/h4H,2-3H2,1H3;/q;+2. The normalized spacial score (nSPS) is 6.00. The van der Waals surface area contributed by atoms with Crippen LogP contribution in [0.15, 0.2) is 0 Å². The van der Waals surface area contributed by atoms with E-state index in [0.717, 1.165) is 5.75 Å². The molecule has 0 heterocycles. The van der Waals surface area contributed by atoms with Crippen LogP contribution in [0, 0.1) is 0 Å². The Morgan fingerprint density at radius 1 is 1.60 bits per heavy atom. The van der Waals surface area contributed by atoms with Crippen molar-refractivity contribution in [3.8, 4) is 0 Å². The van der Waals surface area contributed by atoms with Crippen LogP contribution >= 0.6 is 12.6 Å². The Balaban J connectivity index is 0. The van der Waals surface area contributed by atoms with Crippen LogP contribution in [-0.2, 0) is 27.7 Å². The minimum absolute atomic E-state index is 0. The first-order valence-corrected chi connectivity index (χ1v) is 2.16. The fraction of sp³-hybridized carbons (Fsp3) is 1.00. The minimum atomic E-state index is 0. The average molecular weight is 277 g/mol.